The third kappa shape index (κ3) is 2.32. The highest BCUT2D eigenvalue weighted by Crippen LogP contribution is 2.32. The monoisotopic (exact) mass is 276 g/mol. The first-order valence-electron chi connectivity index (χ1n) is 6.77. The molecule has 102 valence electrons. The summed E-state index contributed by atoms with van der Waals surface area (Å²) in [6.07, 6.45) is 4.13. The van der Waals surface area contributed by atoms with E-state index in [4.69, 9.17) is 0 Å². The van der Waals surface area contributed by atoms with Gasteiger partial charge in [0, 0.05) is 19.1 Å². The standard InChI is InChI=1S/C14H20N4S/c1-10-8-19-13-12(10)15-9-16-14(13)18-6-4-11(5-7-18)17(2)3/h8-9,11H,4-7H2,1-3H3. The number of hydrogen-bond donors (Lipinski definition) is 0. The van der Waals surface area contributed by atoms with E-state index in [0.29, 0.717) is 6.04 Å². The molecule has 0 aromatic carbocycles. The highest BCUT2D eigenvalue weighted by atomic mass is 32.1. The van der Waals surface area contributed by atoms with Gasteiger partial charge in [0.15, 0.2) is 0 Å². The zero-order chi connectivity index (χ0) is 13.4. The first-order chi connectivity index (χ1) is 9.16. The zero-order valence-electron chi connectivity index (χ0n) is 11.8. The van der Waals surface area contributed by atoms with Crippen LogP contribution in [0.1, 0.15) is 18.4 Å². The highest BCUT2D eigenvalue weighted by Gasteiger charge is 2.23. The second-order valence-electron chi connectivity index (χ2n) is 5.48. The lowest BCUT2D eigenvalue weighted by atomic mass is 10.0. The largest absolute Gasteiger partial charge is 0.355 e. The molecule has 19 heavy (non-hydrogen) atoms. The maximum Gasteiger partial charge on any atom is 0.150 e. The van der Waals surface area contributed by atoms with Gasteiger partial charge in [-0.2, -0.15) is 0 Å². The van der Waals surface area contributed by atoms with Crippen molar-refractivity contribution in [3.63, 3.8) is 0 Å². The number of nitrogens with zero attached hydrogens (tertiary/aromatic N) is 4. The molecule has 4 nitrogen and oxygen atoms in total. The van der Waals surface area contributed by atoms with Crippen LogP contribution in [0.4, 0.5) is 5.82 Å². The van der Waals surface area contributed by atoms with Gasteiger partial charge in [-0.15, -0.1) is 11.3 Å². The van der Waals surface area contributed by atoms with E-state index in [-0.39, 0.29) is 0 Å². The van der Waals surface area contributed by atoms with Crippen molar-refractivity contribution in [1.29, 1.82) is 0 Å². The van der Waals surface area contributed by atoms with Gasteiger partial charge in [0.1, 0.15) is 12.1 Å². The lowest BCUT2D eigenvalue weighted by Crippen LogP contribution is -2.42. The number of piperidine rings is 1. The molecule has 0 radical (unpaired) electrons. The molecule has 1 saturated heterocycles. The van der Waals surface area contributed by atoms with Gasteiger partial charge in [-0.3, -0.25) is 0 Å². The number of thiophene rings is 1. The van der Waals surface area contributed by atoms with Crippen LogP contribution in [0.25, 0.3) is 10.2 Å². The zero-order valence-corrected chi connectivity index (χ0v) is 12.6. The molecule has 0 spiro atoms. The summed E-state index contributed by atoms with van der Waals surface area (Å²) in [6.45, 7) is 4.30. The minimum Gasteiger partial charge on any atom is -0.355 e. The third-order valence-electron chi connectivity index (χ3n) is 4.01. The van der Waals surface area contributed by atoms with Crippen molar-refractivity contribution in [2.75, 3.05) is 32.1 Å². The maximum absolute atomic E-state index is 4.53. The van der Waals surface area contributed by atoms with Crippen molar-refractivity contribution in [1.82, 2.24) is 14.9 Å². The summed E-state index contributed by atoms with van der Waals surface area (Å²) in [6, 6.07) is 0.707. The van der Waals surface area contributed by atoms with Crippen molar-refractivity contribution >= 4 is 27.4 Å². The molecule has 1 aliphatic heterocycles. The first-order valence-corrected chi connectivity index (χ1v) is 7.65. The topological polar surface area (TPSA) is 32.3 Å². The average molecular weight is 276 g/mol. The fourth-order valence-corrected chi connectivity index (χ4v) is 3.80. The van der Waals surface area contributed by atoms with E-state index in [9.17, 15) is 0 Å². The summed E-state index contributed by atoms with van der Waals surface area (Å²) in [5, 5.41) is 2.18. The molecule has 3 rings (SSSR count). The molecular formula is C14H20N4S. The van der Waals surface area contributed by atoms with Crippen LogP contribution in [0.5, 0.6) is 0 Å². The van der Waals surface area contributed by atoms with Crippen LogP contribution in [0, 0.1) is 6.92 Å². The number of fused-ring (bicyclic) bond motifs is 1. The number of anilines is 1. The minimum atomic E-state index is 0.707. The van der Waals surface area contributed by atoms with Gasteiger partial charge in [-0.1, -0.05) is 0 Å². The molecular weight excluding hydrogens is 256 g/mol. The Morgan fingerprint density at radius 2 is 2.00 bits per heavy atom. The fraction of sp³-hybridized carbons (Fsp3) is 0.571. The van der Waals surface area contributed by atoms with E-state index in [1.54, 1.807) is 17.7 Å². The Morgan fingerprint density at radius 1 is 1.26 bits per heavy atom. The van der Waals surface area contributed by atoms with E-state index in [1.807, 2.05) is 0 Å². The fourth-order valence-electron chi connectivity index (χ4n) is 2.78. The van der Waals surface area contributed by atoms with E-state index >= 15 is 0 Å². The molecule has 0 unspecified atom stereocenters. The van der Waals surface area contributed by atoms with Gasteiger partial charge in [-0.25, -0.2) is 9.97 Å². The summed E-state index contributed by atoms with van der Waals surface area (Å²) < 4.78 is 1.24. The summed E-state index contributed by atoms with van der Waals surface area (Å²) >= 11 is 1.76. The van der Waals surface area contributed by atoms with E-state index < -0.39 is 0 Å². The van der Waals surface area contributed by atoms with Crippen molar-refractivity contribution in [3.05, 3.63) is 17.3 Å². The second-order valence-corrected chi connectivity index (χ2v) is 6.36. The smallest absolute Gasteiger partial charge is 0.150 e. The SMILES string of the molecule is Cc1csc2c(N3CCC(N(C)C)CC3)ncnc12. The van der Waals surface area contributed by atoms with E-state index in [0.717, 1.165) is 24.4 Å². The van der Waals surface area contributed by atoms with Crippen LogP contribution >= 0.6 is 11.3 Å². The molecule has 2 aromatic rings. The Morgan fingerprint density at radius 3 is 2.68 bits per heavy atom. The van der Waals surface area contributed by atoms with Gasteiger partial charge in [-0.05, 0) is 44.8 Å². The summed E-state index contributed by atoms with van der Waals surface area (Å²) in [5.41, 5.74) is 2.37. The second kappa shape index (κ2) is 5.06. The molecule has 2 aromatic heterocycles. The Kier molecular flexibility index (Phi) is 3.41. The number of aryl methyl sites for hydroxylation is 1. The summed E-state index contributed by atoms with van der Waals surface area (Å²) in [5.74, 6) is 1.13. The van der Waals surface area contributed by atoms with Gasteiger partial charge in [0.25, 0.3) is 0 Å². The lowest BCUT2D eigenvalue weighted by molar-refractivity contribution is 0.249. The quantitative estimate of drug-likeness (QED) is 0.844. The Hall–Kier alpha value is -1.20. The highest BCUT2D eigenvalue weighted by molar-refractivity contribution is 7.18. The molecule has 0 amide bonds. The summed E-state index contributed by atoms with van der Waals surface area (Å²) in [4.78, 5) is 13.7. The molecule has 0 atom stereocenters. The average Bonchev–Trinajstić information content (AvgIpc) is 2.81. The van der Waals surface area contributed by atoms with Crippen LogP contribution in [0.15, 0.2) is 11.7 Å². The number of aromatic nitrogens is 2. The lowest BCUT2D eigenvalue weighted by Gasteiger charge is -2.35. The molecule has 0 bridgehead atoms. The van der Waals surface area contributed by atoms with Crippen LogP contribution in [-0.2, 0) is 0 Å². The van der Waals surface area contributed by atoms with E-state index in [1.165, 1.54) is 23.1 Å². The first kappa shape index (κ1) is 12.8. The van der Waals surface area contributed by atoms with Crippen molar-refractivity contribution in [3.8, 4) is 0 Å². The maximum atomic E-state index is 4.53. The molecule has 3 heterocycles. The van der Waals surface area contributed by atoms with Gasteiger partial charge >= 0.3 is 0 Å². The van der Waals surface area contributed by atoms with Crippen LogP contribution < -0.4 is 4.90 Å². The van der Waals surface area contributed by atoms with Gasteiger partial charge in [0.2, 0.25) is 0 Å². The normalized spacial score (nSPS) is 17.6. The van der Waals surface area contributed by atoms with Crippen LogP contribution in [0.2, 0.25) is 0 Å². The Labute approximate surface area is 118 Å². The third-order valence-corrected chi connectivity index (χ3v) is 5.09. The molecule has 0 saturated carbocycles. The number of rotatable bonds is 2. The van der Waals surface area contributed by atoms with Crippen LogP contribution in [-0.4, -0.2) is 48.1 Å². The van der Waals surface area contributed by atoms with Crippen molar-refractivity contribution in [2.24, 2.45) is 0 Å². The van der Waals surface area contributed by atoms with Crippen LogP contribution in [0.3, 0.4) is 0 Å². The molecule has 1 aliphatic rings. The van der Waals surface area contributed by atoms with Gasteiger partial charge in [0.05, 0.1) is 10.2 Å². The van der Waals surface area contributed by atoms with E-state index in [2.05, 4.69) is 46.2 Å². The minimum absolute atomic E-state index is 0.707. The molecule has 5 heteroatoms. The number of hydrogen-bond acceptors (Lipinski definition) is 5. The van der Waals surface area contributed by atoms with Gasteiger partial charge < -0.3 is 9.80 Å². The van der Waals surface area contributed by atoms with Crippen molar-refractivity contribution < 1.29 is 0 Å². The summed E-state index contributed by atoms with van der Waals surface area (Å²) in [7, 11) is 4.34. The Balaban J connectivity index is 1.86. The van der Waals surface area contributed by atoms with Crippen molar-refractivity contribution in [2.45, 2.75) is 25.8 Å². The molecule has 0 aliphatic carbocycles. The Bertz CT molecular complexity index is 570. The molecule has 1 fully saturated rings. The molecule has 0 N–H and O–H groups in total. The predicted octanol–water partition coefficient (Wildman–Crippen LogP) is 2.53. The predicted molar refractivity (Wildman–Crippen MR) is 81.1 cm³/mol.